The van der Waals surface area contributed by atoms with Crippen LogP contribution in [0.3, 0.4) is 0 Å². The number of hydrogen-bond acceptors (Lipinski definition) is 5. The van der Waals surface area contributed by atoms with Gasteiger partial charge in [-0.2, -0.15) is 4.98 Å². The van der Waals surface area contributed by atoms with E-state index in [2.05, 4.69) is 10.1 Å². The zero-order valence-corrected chi connectivity index (χ0v) is 10.8. The summed E-state index contributed by atoms with van der Waals surface area (Å²) in [7, 11) is 0. The van der Waals surface area contributed by atoms with Crippen molar-refractivity contribution in [3.63, 3.8) is 0 Å². The summed E-state index contributed by atoms with van der Waals surface area (Å²) < 4.78 is 10.3. The van der Waals surface area contributed by atoms with E-state index in [-0.39, 0.29) is 12.2 Å². The average molecular weight is 260 g/mol. The number of rotatable bonds is 7. The van der Waals surface area contributed by atoms with Crippen molar-refractivity contribution >= 4 is 5.78 Å². The van der Waals surface area contributed by atoms with Crippen LogP contribution in [0.4, 0.5) is 0 Å². The molecule has 1 heterocycles. The SMILES string of the molecule is CCOCCc1noc(CC(=O)c2ccccc2)n1. The molecule has 0 radical (unpaired) electrons. The van der Waals surface area contributed by atoms with Crippen molar-refractivity contribution in [1.29, 1.82) is 0 Å². The zero-order valence-electron chi connectivity index (χ0n) is 10.8. The van der Waals surface area contributed by atoms with Crippen LogP contribution in [0, 0.1) is 0 Å². The minimum Gasteiger partial charge on any atom is -0.381 e. The predicted octanol–water partition coefficient (Wildman–Crippen LogP) is 2.07. The van der Waals surface area contributed by atoms with Crippen LogP contribution >= 0.6 is 0 Å². The van der Waals surface area contributed by atoms with Crippen molar-refractivity contribution in [3.05, 3.63) is 47.6 Å². The third-order valence-corrected chi connectivity index (χ3v) is 2.59. The van der Waals surface area contributed by atoms with Crippen LogP contribution in [0.1, 0.15) is 29.0 Å². The Labute approximate surface area is 111 Å². The van der Waals surface area contributed by atoms with E-state index in [9.17, 15) is 4.79 Å². The number of Topliss-reactive ketones (excluding diaryl/α,β-unsaturated/α-hetero) is 1. The van der Waals surface area contributed by atoms with Crippen LogP contribution in [0.25, 0.3) is 0 Å². The highest BCUT2D eigenvalue weighted by molar-refractivity contribution is 5.96. The number of nitrogens with zero attached hydrogens (tertiary/aromatic N) is 2. The Bertz CT molecular complexity index is 522. The molecule has 0 amide bonds. The molecular weight excluding hydrogens is 244 g/mol. The highest BCUT2D eigenvalue weighted by Crippen LogP contribution is 2.06. The summed E-state index contributed by atoms with van der Waals surface area (Å²) in [4.78, 5) is 16.1. The Morgan fingerprint density at radius 3 is 2.84 bits per heavy atom. The van der Waals surface area contributed by atoms with Gasteiger partial charge in [0.2, 0.25) is 5.89 Å². The Hall–Kier alpha value is -2.01. The second-order valence-electron chi connectivity index (χ2n) is 4.02. The number of ketones is 1. The molecule has 0 saturated heterocycles. The number of hydrogen-bond donors (Lipinski definition) is 0. The summed E-state index contributed by atoms with van der Waals surface area (Å²) in [6.45, 7) is 3.15. The van der Waals surface area contributed by atoms with Gasteiger partial charge in [-0.05, 0) is 6.92 Å². The Morgan fingerprint density at radius 2 is 2.11 bits per heavy atom. The minimum absolute atomic E-state index is 0.0272. The number of carbonyl (C=O) groups is 1. The normalized spacial score (nSPS) is 10.6. The van der Waals surface area contributed by atoms with Gasteiger partial charge >= 0.3 is 0 Å². The molecule has 0 saturated carbocycles. The smallest absolute Gasteiger partial charge is 0.234 e. The fourth-order valence-electron chi connectivity index (χ4n) is 1.63. The average Bonchev–Trinajstić information content (AvgIpc) is 2.88. The van der Waals surface area contributed by atoms with E-state index in [1.807, 2.05) is 25.1 Å². The van der Waals surface area contributed by atoms with Gasteiger partial charge in [0.25, 0.3) is 0 Å². The molecule has 0 bridgehead atoms. The lowest BCUT2D eigenvalue weighted by atomic mass is 10.1. The standard InChI is InChI=1S/C14H16N2O3/c1-2-18-9-8-13-15-14(19-16-13)10-12(17)11-6-4-3-5-7-11/h3-7H,2,8-10H2,1H3. The van der Waals surface area contributed by atoms with Gasteiger partial charge in [-0.25, -0.2) is 0 Å². The highest BCUT2D eigenvalue weighted by atomic mass is 16.5. The fourth-order valence-corrected chi connectivity index (χ4v) is 1.63. The fraction of sp³-hybridized carbons (Fsp3) is 0.357. The third-order valence-electron chi connectivity index (χ3n) is 2.59. The van der Waals surface area contributed by atoms with E-state index < -0.39 is 0 Å². The first-order chi connectivity index (χ1) is 9.29. The molecule has 0 aliphatic rings. The Morgan fingerprint density at radius 1 is 1.32 bits per heavy atom. The van der Waals surface area contributed by atoms with Crippen molar-refractivity contribution in [3.8, 4) is 0 Å². The van der Waals surface area contributed by atoms with Crippen molar-refractivity contribution < 1.29 is 14.1 Å². The summed E-state index contributed by atoms with van der Waals surface area (Å²) >= 11 is 0. The van der Waals surface area contributed by atoms with Gasteiger partial charge in [0.05, 0.1) is 13.0 Å². The molecule has 0 aliphatic carbocycles. The molecule has 2 rings (SSSR count). The summed E-state index contributed by atoms with van der Waals surface area (Å²) in [6.07, 6.45) is 0.725. The number of benzene rings is 1. The number of aromatic nitrogens is 2. The molecule has 0 N–H and O–H groups in total. The molecule has 1 aromatic carbocycles. The van der Waals surface area contributed by atoms with Gasteiger partial charge in [0, 0.05) is 18.6 Å². The number of carbonyl (C=O) groups excluding carboxylic acids is 1. The summed E-state index contributed by atoms with van der Waals surface area (Å²) in [5.74, 6) is 0.894. The van der Waals surface area contributed by atoms with Crippen LogP contribution in [0.5, 0.6) is 0 Å². The quantitative estimate of drug-likeness (QED) is 0.563. The van der Waals surface area contributed by atoms with Crippen molar-refractivity contribution in [2.24, 2.45) is 0 Å². The van der Waals surface area contributed by atoms with E-state index in [0.29, 0.717) is 36.9 Å². The van der Waals surface area contributed by atoms with Crippen LogP contribution < -0.4 is 0 Å². The first-order valence-electron chi connectivity index (χ1n) is 6.27. The van der Waals surface area contributed by atoms with Crippen LogP contribution in [-0.2, 0) is 17.6 Å². The van der Waals surface area contributed by atoms with Crippen LogP contribution in [-0.4, -0.2) is 29.1 Å². The molecule has 0 spiro atoms. The molecule has 0 aliphatic heterocycles. The second-order valence-corrected chi connectivity index (χ2v) is 4.02. The molecule has 0 unspecified atom stereocenters. The largest absolute Gasteiger partial charge is 0.381 e. The van der Waals surface area contributed by atoms with Gasteiger partial charge in [0.1, 0.15) is 0 Å². The molecule has 5 nitrogen and oxygen atoms in total. The van der Waals surface area contributed by atoms with Crippen molar-refractivity contribution in [2.45, 2.75) is 19.8 Å². The van der Waals surface area contributed by atoms with E-state index >= 15 is 0 Å². The zero-order chi connectivity index (χ0) is 13.5. The van der Waals surface area contributed by atoms with Gasteiger partial charge in [-0.15, -0.1) is 0 Å². The molecule has 100 valence electrons. The molecule has 19 heavy (non-hydrogen) atoms. The van der Waals surface area contributed by atoms with E-state index in [4.69, 9.17) is 9.26 Å². The molecular formula is C14H16N2O3. The van der Waals surface area contributed by atoms with E-state index in [0.717, 1.165) is 0 Å². The maximum Gasteiger partial charge on any atom is 0.234 e. The second kappa shape index (κ2) is 6.80. The van der Waals surface area contributed by atoms with E-state index in [1.54, 1.807) is 12.1 Å². The lowest BCUT2D eigenvalue weighted by Gasteiger charge is -1.96. The molecule has 2 aromatic rings. The highest BCUT2D eigenvalue weighted by Gasteiger charge is 2.12. The monoisotopic (exact) mass is 260 g/mol. The Balaban J connectivity index is 1.91. The van der Waals surface area contributed by atoms with E-state index in [1.165, 1.54) is 0 Å². The topological polar surface area (TPSA) is 65.2 Å². The maximum absolute atomic E-state index is 11.9. The van der Waals surface area contributed by atoms with Gasteiger partial charge in [-0.3, -0.25) is 4.79 Å². The summed E-state index contributed by atoms with van der Waals surface area (Å²) in [5.41, 5.74) is 0.650. The summed E-state index contributed by atoms with van der Waals surface area (Å²) in [6, 6.07) is 9.07. The maximum atomic E-state index is 11.9. The first kappa shape index (κ1) is 13.4. The Kier molecular flexibility index (Phi) is 4.80. The predicted molar refractivity (Wildman–Crippen MR) is 69.0 cm³/mol. The number of ether oxygens (including phenoxy) is 1. The van der Waals surface area contributed by atoms with Gasteiger partial charge in [0.15, 0.2) is 11.6 Å². The van der Waals surface area contributed by atoms with Gasteiger partial charge < -0.3 is 9.26 Å². The van der Waals surface area contributed by atoms with Crippen LogP contribution in [0.15, 0.2) is 34.9 Å². The summed E-state index contributed by atoms with van der Waals surface area (Å²) in [5, 5.41) is 3.82. The lowest BCUT2D eigenvalue weighted by Crippen LogP contribution is -2.04. The van der Waals surface area contributed by atoms with Crippen molar-refractivity contribution in [1.82, 2.24) is 10.1 Å². The molecule has 5 heteroatoms. The van der Waals surface area contributed by atoms with Crippen LogP contribution in [0.2, 0.25) is 0 Å². The molecule has 0 atom stereocenters. The van der Waals surface area contributed by atoms with Gasteiger partial charge in [-0.1, -0.05) is 35.5 Å². The molecule has 1 aromatic heterocycles. The lowest BCUT2D eigenvalue weighted by molar-refractivity contribution is 0.0983. The van der Waals surface area contributed by atoms with Crippen molar-refractivity contribution in [2.75, 3.05) is 13.2 Å². The minimum atomic E-state index is -0.0272. The third kappa shape index (κ3) is 3.99. The first-order valence-corrected chi connectivity index (χ1v) is 6.27. The molecule has 0 fully saturated rings.